The van der Waals surface area contributed by atoms with Crippen molar-refractivity contribution < 1.29 is 9.21 Å². The van der Waals surface area contributed by atoms with Gasteiger partial charge in [0.25, 0.3) is 5.56 Å². The van der Waals surface area contributed by atoms with Gasteiger partial charge in [-0.3, -0.25) is 14.2 Å². The second-order valence-corrected chi connectivity index (χ2v) is 8.09. The van der Waals surface area contributed by atoms with Gasteiger partial charge in [-0.15, -0.1) is 0 Å². The molecule has 0 atom stereocenters. The molecule has 4 rings (SSSR count). The summed E-state index contributed by atoms with van der Waals surface area (Å²) in [5, 5.41) is 1.27. The average molecular weight is 398 g/mol. The summed E-state index contributed by atoms with van der Waals surface area (Å²) in [5.74, 6) is 0.948. The topological polar surface area (TPSA) is 68.3 Å². The first-order chi connectivity index (χ1) is 13.6. The molecule has 1 saturated carbocycles. The number of thioether (sulfide) groups is 1. The molecule has 1 amide bonds. The molecular formula is C21H23N3O3S. The van der Waals surface area contributed by atoms with Crippen LogP contribution in [0.2, 0.25) is 0 Å². The van der Waals surface area contributed by atoms with Crippen LogP contribution in [0.25, 0.3) is 10.9 Å². The fraction of sp³-hybridized carbons (Fsp3) is 0.381. The third-order valence-electron chi connectivity index (χ3n) is 5.19. The summed E-state index contributed by atoms with van der Waals surface area (Å²) in [6.07, 6.45) is 5.82. The number of benzene rings is 1. The Bertz CT molecular complexity index is 1020. The second kappa shape index (κ2) is 8.22. The maximum atomic E-state index is 13.1. The Kier molecular flexibility index (Phi) is 5.52. The van der Waals surface area contributed by atoms with Gasteiger partial charge in [0.05, 0.1) is 29.5 Å². The normalized spacial score (nSPS) is 14.6. The van der Waals surface area contributed by atoms with Gasteiger partial charge in [0.15, 0.2) is 5.16 Å². The lowest BCUT2D eigenvalue weighted by molar-refractivity contribution is -0.127. The van der Waals surface area contributed by atoms with Crippen LogP contribution >= 0.6 is 11.8 Å². The van der Waals surface area contributed by atoms with Crippen LogP contribution in [0.1, 0.15) is 37.5 Å². The molecule has 28 heavy (non-hydrogen) atoms. The number of aromatic nitrogens is 2. The van der Waals surface area contributed by atoms with Gasteiger partial charge in [-0.05, 0) is 37.1 Å². The summed E-state index contributed by atoms with van der Waals surface area (Å²) in [6, 6.07) is 11.2. The Morgan fingerprint density at radius 2 is 2.04 bits per heavy atom. The van der Waals surface area contributed by atoms with Crippen LogP contribution in [-0.4, -0.2) is 33.2 Å². The molecule has 1 fully saturated rings. The summed E-state index contributed by atoms with van der Waals surface area (Å²) in [4.78, 5) is 32.1. The van der Waals surface area contributed by atoms with Crippen LogP contribution in [0.5, 0.6) is 0 Å². The molecule has 146 valence electrons. The Hall–Kier alpha value is -2.54. The monoisotopic (exact) mass is 397 g/mol. The quantitative estimate of drug-likeness (QED) is 0.467. The third-order valence-corrected chi connectivity index (χ3v) is 6.13. The highest BCUT2D eigenvalue weighted by molar-refractivity contribution is 7.99. The number of furan rings is 1. The SMILES string of the molecule is CN(Cc1ccco1)C(=O)CSc1nc2ccccc2c(=O)n1C1CCCC1. The molecule has 7 heteroatoms. The van der Waals surface area contributed by atoms with E-state index in [1.165, 1.54) is 11.8 Å². The Morgan fingerprint density at radius 3 is 2.79 bits per heavy atom. The van der Waals surface area contributed by atoms with E-state index in [0.29, 0.717) is 22.6 Å². The predicted molar refractivity (Wildman–Crippen MR) is 109 cm³/mol. The highest BCUT2D eigenvalue weighted by Crippen LogP contribution is 2.32. The van der Waals surface area contributed by atoms with Crippen molar-refractivity contribution in [3.8, 4) is 0 Å². The van der Waals surface area contributed by atoms with E-state index in [9.17, 15) is 9.59 Å². The predicted octanol–water partition coefficient (Wildman–Crippen LogP) is 3.86. The van der Waals surface area contributed by atoms with Crippen molar-refractivity contribution >= 4 is 28.6 Å². The first-order valence-corrected chi connectivity index (χ1v) is 10.5. The standard InChI is InChI=1S/C21H23N3O3S/c1-23(13-16-9-6-12-27-16)19(25)14-28-21-22-18-11-5-4-10-17(18)20(26)24(21)15-7-2-3-8-15/h4-6,9-12,15H,2-3,7-8,13-14H2,1H3. The Labute approximate surface area is 167 Å². The van der Waals surface area contributed by atoms with Crippen LogP contribution < -0.4 is 5.56 Å². The van der Waals surface area contributed by atoms with Crippen molar-refractivity contribution in [2.24, 2.45) is 0 Å². The zero-order valence-corrected chi connectivity index (χ0v) is 16.7. The first-order valence-electron chi connectivity index (χ1n) is 9.54. The summed E-state index contributed by atoms with van der Waals surface area (Å²) in [6.45, 7) is 0.424. The molecule has 2 heterocycles. The fourth-order valence-electron chi connectivity index (χ4n) is 3.67. The molecule has 6 nitrogen and oxygen atoms in total. The van der Waals surface area contributed by atoms with Crippen molar-refractivity contribution in [1.29, 1.82) is 0 Å². The molecule has 1 aliphatic carbocycles. The first kappa shape index (κ1) is 18.8. The minimum atomic E-state index is -0.0261. The number of nitrogens with zero attached hydrogens (tertiary/aromatic N) is 3. The molecule has 0 spiro atoms. The number of amides is 1. The van der Waals surface area contributed by atoms with E-state index in [4.69, 9.17) is 9.40 Å². The number of hydrogen-bond donors (Lipinski definition) is 0. The third kappa shape index (κ3) is 3.85. The number of para-hydroxylation sites is 1. The van der Waals surface area contributed by atoms with Crippen LogP contribution in [0.4, 0.5) is 0 Å². The lowest BCUT2D eigenvalue weighted by Gasteiger charge is -2.20. The van der Waals surface area contributed by atoms with Gasteiger partial charge >= 0.3 is 0 Å². The molecule has 1 aromatic carbocycles. The molecule has 0 bridgehead atoms. The number of carbonyl (C=O) groups is 1. The summed E-state index contributed by atoms with van der Waals surface area (Å²) < 4.78 is 7.13. The number of hydrogen-bond acceptors (Lipinski definition) is 5. The maximum absolute atomic E-state index is 13.1. The molecular weight excluding hydrogens is 374 g/mol. The second-order valence-electron chi connectivity index (χ2n) is 7.14. The largest absolute Gasteiger partial charge is 0.467 e. The van der Waals surface area contributed by atoms with Crippen LogP contribution in [0, 0.1) is 0 Å². The summed E-state index contributed by atoms with van der Waals surface area (Å²) >= 11 is 1.34. The Balaban J connectivity index is 1.57. The molecule has 0 saturated heterocycles. The molecule has 0 unspecified atom stereocenters. The van der Waals surface area contributed by atoms with Gasteiger partial charge in [-0.2, -0.15) is 0 Å². The van der Waals surface area contributed by atoms with E-state index < -0.39 is 0 Å². The molecule has 1 aliphatic rings. The number of carbonyl (C=O) groups excluding carboxylic acids is 1. The number of fused-ring (bicyclic) bond motifs is 1. The van der Waals surface area contributed by atoms with Crippen LogP contribution in [0.3, 0.4) is 0 Å². The summed E-state index contributed by atoms with van der Waals surface area (Å²) in [7, 11) is 1.75. The van der Waals surface area contributed by atoms with Gasteiger partial charge in [-0.1, -0.05) is 36.7 Å². The molecule has 0 N–H and O–H groups in total. The van der Waals surface area contributed by atoms with Crippen molar-refractivity contribution in [3.05, 3.63) is 58.8 Å². The average Bonchev–Trinajstić information content (AvgIpc) is 3.40. The van der Waals surface area contributed by atoms with E-state index in [0.717, 1.165) is 31.4 Å². The minimum absolute atomic E-state index is 0.00334. The molecule has 0 radical (unpaired) electrons. The fourth-order valence-corrected chi connectivity index (χ4v) is 4.68. The Morgan fingerprint density at radius 1 is 1.25 bits per heavy atom. The van der Waals surface area contributed by atoms with E-state index in [1.54, 1.807) is 18.2 Å². The highest BCUT2D eigenvalue weighted by atomic mass is 32.2. The van der Waals surface area contributed by atoms with Gasteiger partial charge in [0.1, 0.15) is 5.76 Å². The smallest absolute Gasteiger partial charge is 0.262 e. The van der Waals surface area contributed by atoms with Crippen molar-refractivity contribution in [1.82, 2.24) is 14.5 Å². The van der Waals surface area contributed by atoms with Gasteiger partial charge in [-0.25, -0.2) is 4.98 Å². The van der Waals surface area contributed by atoms with E-state index in [-0.39, 0.29) is 23.3 Å². The van der Waals surface area contributed by atoms with E-state index >= 15 is 0 Å². The lowest BCUT2D eigenvalue weighted by atomic mass is 10.2. The van der Waals surface area contributed by atoms with Crippen LogP contribution in [-0.2, 0) is 11.3 Å². The van der Waals surface area contributed by atoms with Crippen molar-refractivity contribution in [2.45, 2.75) is 43.4 Å². The molecule has 2 aromatic heterocycles. The van der Waals surface area contributed by atoms with E-state index in [2.05, 4.69) is 0 Å². The van der Waals surface area contributed by atoms with Gasteiger partial charge in [0, 0.05) is 13.1 Å². The van der Waals surface area contributed by atoms with Crippen LogP contribution in [0.15, 0.2) is 57.0 Å². The van der Waals surface area contributed by atoms with E-state index in [1.807, 2.05) is 41.0 Å². The maximum Gasteiger partial charge on any atom is 0.262 e. The lowest BCUT2D eigenvalue weighted by Crippen LogP contribution is -2.29. The minimum Gasteiger partial charge on any atom is -0.467 e. The highest BCUT2D eigenvalue weighted by Gasteiger charge is 2.23. The van der Waals surface area contributed by atoms with Gasteiger partial charge in [0.2, 0.25) is 5.91 Å². The van der Waals surface area contributed by atoms with Crippen molar-refractivity contribution in [3.63, 3.8) is 0 Å². The molecule has 3 aromatic rings. The number of rotatable bonds is 6. The van der Waals surface area contributed by atoms with Crippen molar-refractivity contribution in [2.75, 3.05) is 12.8 Å². The zero-order valence-electron chi connectivity index (χ0n) is 15.8. The zero-order chi connectivity index (χ0) is 19.5. The summed E-state index contributed by atoms with van der Waals surface area (Å²) in [5.41, 5.74) is 0.678. The molecule has 0 aliphatic heterocycles. The van der Waals surface area contributed by atoms with Gasteiger partial charge < -0.3 is 9.32 Å².